The van der Waals surface area contributed by atoms with Crippen molar-refractivity contribution < 1.29 is 4.74 Å². The first-order valence-corrected chi connectivity index (χ1v) is 6.62. The van der Waals surface area contributed by atoms with Crippen LogP contribution in [-0.4, -0.2) is 16.6 Å². The molecular formula is C14H16ClN3O. The van der Waals surface area contributed by atoms with Crippen molar-refractivity contribution in [2.75, 3.05) is 11.9 Å². The summed E-state index contributed by atoms with van der Waals surface area (Å²) in [5, 5.41) is 3.64. The van der Waals surface area contributed by atoms with E-state index in [1.54, 1.807) is 6.07 Å². The lowest BCUT2D eigenvalue weighted by Crippen LogP contribution is -1.99. The standard InChI is InChI=1S/C14H16ClN3O/c1-3-13-17-12(15)9-14(18-13)16-10-5-7-11(8-6-10)19-4-2/h5-9H,3-4H2,1-2H3,(H,16,17,18). The Morgan fingerprint density at radius 1 is 1.16 bits per heavy atom. The van der Waals surface area contributed by atoms with Crippen molar-refractivity contribution in [3.8, 4) is 5.75 Å². The van der Waals surface area contributed by atoms with Crippen molar-refractivity contribution in [2.24, 2.45) is 0 Å². The van der Waals surface area contributed by atoms with Crippen LogP contribution in [0.15, 0.2) is 30.3 Å². The third kappa shape index (κ3) is 3.83. The third-order valence-electron chi connectivity index (χ3n) is 2.50. The summed E-state index contributed by atoms with van der Waals surface area (Å²) in [7, 11) is 0. The lowest BCUT2D eigenvalue weighted by atomic mass is 10.3. The Bertz CT molecular complexity index is 543. The van der Waals surface area contributed by atoms with Gasteiger partial charge in [-0.05, 0) is 31.2 Å². The first-order valence-electron chi connectivity index (χ1n) is 6.24. The summed E-state index contributed by atoms with van der Waals surface area (Å²) in [6.07, 6.45) is 0.749. The van der Waals surface area contributed by atoms with Crippen molar-refractivity contribution in [3.05, 3.63) is 41.3 Å². The number of hydrogen-bond donors (Lipinski definition) is 1. The fraction of sp³-hybridized carbons (Fsp3) is 0.286. The van der Waals surface area contributed by atoms with Gasteiger partial charge in [0.15, 0.2) is 0 Å². The first-order chi connectivity index (χ1) is 9.21. The van der Waals surface area contributed by atoms with Crippen LogP contribution in [0, 0.1) is 0 Å². The summed E-state index contributed by atoms with van der Waals surface area (Å²) in [6.45, 7) is 4.61. The van der Waals surface area contributed by atoms with Crippen molar-refractivity contribution >= 4 is 23.1 Å². The van der Waals surface area contributed by atoms with E-state index in [2.05, 4.69) is 15.3 Å². The maximum absolute atomic E-state index is 5.95. The molecule has 0 amide bonds. The Balaban J connectivity index is 2.14. The van der Waals surface area contributed by atoms with Crippen molar-refractivity contribution in [3.63, 3.8) is 0 Å². The summed E-state index contributed by atoms with van der Waals surface area (Å²) in [5.41, 5.74) is 0.931. The number of aromatic nitrogens is 2. The van der Waals surface area contributed by atoms with Gasteiger partial charge in [0.25, 0.3) is 0 Å². The number of halogens is 1. The number of nitrogens with one attached hydrogen (secondary N) is 1. The minimum Gasteiger partial charge on any atom is -0.494 e. The van der Waals surface area contributed by atoms with E-state index < -0.39 is 0 Å². The predicted octanol–water partition coefficient (Wildman–Crippen LogP) is 3.83. The smallest absolute Gasteiger partial charge is 0.135 e. The first kappa shape index (κ1) is 13.6. The number of rotatable bonds is 5. The number of aryl methyl sites for hydroxylation is 1. The van der Waals surface area contributed by atoms with E-state index in [1.165, 1.54) is 0 Å². The SMILES string of the molecule is CCOc1ccc(Nc2cc(Cl)nc(CC)n2)cc1. The summed E-state index contributed by atoms with van der Waals surface area (Å²) in [4.78, 5) is 8.49. The Morgan fingerprint density at radius 2 is 1.89 bits per heavy atom. The van der Waals surface area contributed by atoms with E-state index in [9.17, 15) is 0 Å². The molecule has 0 saturated heterocycles. The molecule has 0 aliphatic heterocycles. The van der Waals surface area contributed by atoms with E-state index in [4.69, 9.17) is 16.3 Å². The van der Waals surface area contributed by atoms with E-state index in [-0.39, 0.29) is 0 Å². The van der Waals surface area contributed by atoms with Crippen LogP contribution in [0.25, 0.3) is 0 Å². The van der Waals surface area contributed by atoms with Crippen LogP contribution in [0.5, 0.6) is 5.75 Å². The maximum Gasteiger partial charge on any atom is 0.135 e. The fourth-order valence-electron chi connectivity index (χ4n) is 1.64. The number of hydrogen-bond acceptors (Lipinski definition) is 4. The summed E-state index contributed by atoms with van der Waals surface area (Å²) >= 11 is 5.95. The molecule has 1 N–H and O–H groups in total. The average Bonchev–Trinajstić information content (AvgIpc) is 2.40. The second-order valence-electron chi connectivity index (χ2n) is 3.93. The quantitative estimate of drug-likeness (QED) is 0.844. The van der Waals surface area contributed by atoms with Crippen molar-refractivity contribution in [2.45, 2.75) is 20.3 Å². The second kappa shape index (κ2) is 6.38. The predicted molar refractivity (Wildman–Crippen MR) is 77.3 cm³/mol. The van der Waals surface area contributed by atoms with Crippen LogP contribution in [0.3, 0.4) is 0 Å². The van der Waals surface area contributed by atoms with Gasteiger partial charge >= 0.3 is 0 Å². The largest absolute Gasteiger partial charge is 0.494 e. The summed E-state index contributed by atoms with van der Waals surface area (Å²) < 4.78 is 5.39. The molecule has 0 aliphatic rings. The van der Waals surface area contributed by atoms with Gasteiger partial charge in [0.05, 0.1) is 6.61 Å². The monoisotopic (exact) mass is 277 g/mol. The number of benzene rings is 1. The zero-order valence-corrected chi connectivity index (χ0v) is 11.7. The lowest BCUT2D eigenvalue weighted by molar-refractivity contribution is 0.340. The molecule has 2 aromatic rings. The Kier molecular flexibility index (Phi) is 4.58. The van der Waals surface area contributed by atoms with Gasteiger partial charge in [-0.1, -0.05) is 18.5 Å². The highest BCUT2D eigenvalue weighted by Crippen LogP contribution is 2.20. The van der Waals surface area contributed by atoms with Gasteiger partial charge in [-0.3, -0.25) is 0 Å². The van der Waals surface area contributed by atoms with Gasteiger partial charge in [0.2, 0.25) is 0 Å². The zero-order chi connectivity index (χ0) is 13.7. The normalized spacial score (nSPS) is 10.3. The molecule has 0 aliphatic carbocycles. The molecule has 0 atom stereocenters. The molecule has 1 aromatic heterocycles. The van der Waals surface area contributed by atoms with Crippen molar-refractivity contribution in [1.29, 1.82) is 0 Å². The molecule has 0 radical (unpaired) electrons. The van der Waals surface area contributed by atoms with Gasteiger partial charge in [-0.25, -0.2) is 9.97 Å². The number of nitrogens with zero attached hydrogens (tertiary/aromatic N) is 2. The van der Waals surface area contributed by atoms with E-state index in [1.807, 2.05) is 38.1 Å². The Hall–Kier alpha value is -1.81. The molecule has 19 heavy (non-hydrogen) atoms. The van der Waals surface area contributed by atoms with Gasteiger partial charge in [0.1, 0.15) is 22.5 Å². The van der Waals surface area contributed by atoms with Crippen molar-refractivity contribution in [1.82, 2.24) is 9.97 Å². The number of anilines is 2. The molecule has 1 heterocycles. The molecule has 0 unspecified atom stereocenters. The van der Waals surface area contributed by atoms with Gasteiger partial charge < -0.3 is 10.1 Å². The van der Waals surface area contributed by atoms with E-state index in [0.717, 1.165) is 23.7 Å². The molecule has 4 nitrogen and oxygen atoms in total. The Morgan fingerprint density at radius 3 is 2.53 bits per heavy atom. The molecule has 100 valence electrons. The molecular weight excluding hydrogens is 262 g/mol. The highest BCUT2D eigenvalue weighted by molar-refractivity contribution is 6.29. The van der Waals surface area contributed by atoms with Crippen LogP contribution < -0.4 is 10.1 Å². The molecule has 0 bridgehead atoms. The van der Waals surface area contributed by atoms with Crippen LogP contribution in [0.4, 0.5) is 11.5 Å². The van der Waals surface area contributed by atoms with Gasteiger partial charge in [0, 0.05) is 18.2 Å². The van der Waals surface area contributed by atoms with Gasteiger partial charge in [-0.15, -0.1) is 0 Å². The fourth-order valence-corrected chi connectivity index (χ4v) is 1.84. The maximum atomic E-state index is 5.95. The van der Waals surface area contributed by atoms with Crippen LogP contribution >= 0.6 is 11.6 Å². The molecule has 0 fully saturated rings. The van der Waals surface area contributed by atoms with E-state index >= 15 is 0 Å². The molecule has 0 spiro atoms. The van der Waals surface area contributed by atoms with Crippen LogP contribution in [0.1, 0.15) is 19.7 Å². The molecule has 1 aromatic carbocycles. The zero-order valence-electron chi connectivity index (χ0n) is 11.0. The van der Waals surface area contributed by atoms with Gasteiger partial charge in [-0.2, -0.15) is 0 Å². The van der Waals surface area contributed by atoms with Crippen LogP contribution in [0.2, 0.25) is 5.15 Å². The average molecular weight is 278 g/mol. The Labute approximate surface area is 117 Å². The lowest BCUT2D eigenvalue weighted by Gasteiger charge is -2.08. The van der Waals surface area contributed by atoms with Crippen LogP contribution in [-0.2, 0) is 6.42 Å². The highest BCUT2D eigenvalue weighted by atomic mass is 35.5. The summed E-state index contributed by atoms with van der Waals surface area (Å²) in [6, 6.07) is 9.40. The van der Waals surface area contributed by atoms with E-state index in [0.29, 0.717) is 17.6 Å². The minimum absolute atomic E-state index is 0.445. The highest BCUT2D eigenvalue weighted by Gasteiger charge is 2.02. The number of ether oxygens (including phenoxy) is 1. The molecule has 2 rings (SSSR count). The topological polar surface area (TPSA) is 47.0 Å². The molecule has 5 heteroatoms. The third-order valence-corrected chi connectivity index (χ3v) is 2.69. The molecule has 0 saturated carbocycles. The second-order valence-corrected chi connectivity index (χ2v) is 4.32. The minimum atomic E-state index is 0.445. The summed E-state index contributed by atoms with van der Waals surface area (Å²) in [5.74, 6) is 2.27.